The lowest BCUT2D eigenvalue weighted by molar-refractivity contribution is -0.155. The minimum atomic E-state index is -0.920. The predicted molar refractivity (Wildman–Crippen MR) is 160 cm³/mol. The number of rotatable bonds is 11. The van der Waals surface area contributed by atoms with Gasteiger partial charge in [-0.15, -0.1) is 0 Å². The van der Waals surface area contributed by atoms with Crippen LogP contribution in [0.25, 0.3) is 0 Å². The van der Waals surface area contributed by atoms with Crippen LogP contribution in [0.2, 0.25) is 0 Å². The molecule has 9 nitrogen and oxygen atoms in total. The Labute approximate surface area is 248 Å². The van der Waals surface area contributed by atoms with E-state index >= 15 is 0 Å². The number of benzene rings is 2. The van der Waals surface area contributed by atoms with Crippen molar-refractivity contribution in [3.63, 3.8) is 0 Å². The van der Waals surface area contributed by atoms with E-state index in [9.17, 15) is 14.4 Å². The largest absolute Gasteiger partial charge is 0.489 e. The van der Waals surface area contributed by atoms with Crippen LogP contribution in [0.5, 0.6) is 5.75 Å². The Kier molecular flexibility index (Phi) is 8.89. The number of nitrogens with zero attached hydrogens (tertiary/aromatic N) is 3. The number of primary amides is 1. The molecule has 1 saturated heterocycles. The van der Waals surface area contributed by atoms with E-state index < -0.39 is 23.5 Å². The molecule has 3 aliphatic rings. The van der Waals surface area contributed by atoms with Crippen LogP contribution in [0.3, 0.4) is 0 Å². The Balaban J connectivity index is 1.18. The first-order valence-corrected chi connectivity index (χ1v) is 15.1. The molecule has 2 aliphatic heterocycles. The zero-order valence-electron chi connectivity index (χ0n) is 25.3. The summed E-state index contributed by atoms with van der Waals surface area (Å²) in [5, 5.41) is 0. The molecule has 0 spiro atoms. The molecule has 0 aromatic heterocycles. The number of nitrogens with two attached hydrogens (primary N) is 1. The van der Waals surface area contributed by atoms with Gasteiger partial charge in [-0.3, -0.25) is 24.2 Å². The number of hydrogen-bond acceptors (Lipinski definition) is 7. The molecule has 0 radical (unpaired) electrons. The van der Waals surface area contributed by atoms with Crippen LogP contribution in [0.4, 0.5) is 0 Å². The zero-order valence-corrected chi connectivity index (χ0v) is 25.3. The highest BCUT2D eigenvalue weighted by atomic mass is 16.6. The molecule has 2 fully saturated rings. The summed E-state index contributed by atoms with van der Waals surface area (Å²) in [5.74, 6) is -0.774. The summed E-state index contributed by atoms with van der Waals surface area (Å²) in [6.45, 7) is 12.7. The van der Waals surface area contributed by atoms with Crippen molar-refractivity contribution in [3.05, 3.63) is 64.7 Å². The normalized spacial score (nSPS) is 19.3. The molecule has 1 aliphatic carbocycles. The minimum absolute atomic E-state index is 0.0142. The summed E-state index contributed by atoms with van der Waals surface area (Å²) in [7, 11) is 0. The van der Waals surface area contributed by atoms with Crippen LogP contribution in [0.1, 0.15) is 86.5 Å². The fourth-order valence-corrected chi connectivity index (χ4v) is 6.01. The molecular formula is C33H44N4O5. The van der Waals surface area contributed by atoms with E-state index in [1.807, 2.05) is 6.07 Å². The number of hydrogen-bond donors (Lipinski definition) is 1. The number of fused-ring (bicyclic) bond motifs is 1. The number of esters is 1. The molecule has 9 heteroatoms. The maximum atomic E-state index is 13.3. The summed E-state index contributed by atoms with van der Waals surface area (Å²) >= 11 is 0. The highest BCUT2D eigenvalue weighted by molar-refractivity contribution is 6.01. The summed E-state index contributed by atoms with van der Waals surface area (Å²) in [5.41, 5.74) is 8.59. The van der Waals surface area contributed by atoms with Gasteiger partial charge in [0, 0.05) is 55.8 Å². The Hall–Kier alpha value is -3.43. The van der Waals surface area contributed by atoms with E-state index in [-0.39, 0.29) is 25.3 Å². The van der Waals surface area contributed by atoms with Gasteiger partial charge in [-0.05, 0) is 70.2 Å². The Morgan fingerprint density at radius 1 is 1.02 bits per heavy atom. The Morgan fingerprint density at radius 3 is 2.33 bits per heavy atom. The summed E-state index contributed by atoms with van der Waals surface area (Å²) in [6.07, 6.45) is 2.81. The lowest BCUT2D eigenvalue weighted by Crippen LogP contribution is -2.47. The van der Waals surface area contributed by atoms with Gasteiger partial charge in [0.25, 0.3) is 5.91 Å². The molecule has 5 rings (SSSR count). The zero-order chi connectivity index (χ0) is 30.0. The number of amides is 2. The van der Waals surface area contributed by atoms with Gasteiger partial charge in [0.1, 0.15) is 24.0 Å². The Bertz CT molecular complexity index is 1290. The highest BCUT2D eigenvalue weighted by Crippen LogP contribution is 2.34. The molecule has 2 amide bonds. The lowest BCUT2D eigenvalue weighted by atomic mass is 10.0. The number of ether oxygens (including phenoxy) is 2. The molecule has 0 bridgehead atoms. The van der Waals surface area contributed by atoms with Crippen molar-refractivity contribution in [2.24, 2.45) is 5.73 Å². The van der Waals surface area contributed by atoms with Gasteiger partial charge in [0.2, 0.25) is 5.91 Å². The number of carbonyl (C=O) groups is 3. The average molecular weight is 577 g/mol. The maximum Gasteiger partial charge on any atom is 0.306 e. The van der Waals surface area contributed by atoms with Gasteiger partial charge in [-0.2, -0.15) is 0 Å². The fourth-order valence-electron chi connectivity index (χ4n) is 6.01. The van der Waals surface area contributed by atoms with Gasteiger partial charge in [0.05, 0.1) is 6.54 Å². The number of piperazine rings is 1. The molecule has 2 atom stereocenters. The average Bonchev–Trinajstić information content (AvgIpc) is 3.75. The third kappa shape index (κ3) is 7.13. The highest BCUT2D eigenvalue weighted by Gasteiger charge is 2.37. The predicted octanol–water partition coefficient (Wildman–Crippen LogP) is 4.04. The molecule has 0 unspecified atom stereocenters. The first-order valence-electron chi connectivity index (χ1n) is 15.1. The standard InChI is InChI=1S/C33H44N4O5/c1-22(35-16-18-36(19-17-35)25-12-13-25)24-10-8-23(9-11-24)21-41-29-7-5-6-26-27(29)20-37(32(26)40)28(31(34)39)14-15-30(38)42-33(2,3)4/h5-11,22,25,28H,12-21H2,1-4H3,(H2,34,39)/t22-,28+/m1/s1. The summed E-state index contributed by atoms with van der Waals surface area (Å²) in [6, 6.07) is 14.2. The molecule has 42 heavy (non-hydrogen) atoms. The van der Waals surface area contributed by atoms with Crippen LogP contribution in [0.15, 0.2) is 42.5 Å². The summed E-state index contributed by atoms with van der Waals surface area (Å²) in [4.78, 5) is 44.5. The molecular weight excluding hydrogens is 532 g/mol. The first-order chi connectivity index (χ1) is 20.0. The molecule has 2 aromatic rings. The van der Waals surface area contributed by atoms with Crippen LogP contribution < -0.4 is 10.5 Å². The van der Waals surface area contributed by atoms with Crippen molar-refractivity contribution in [2.45, 2.75) is 90.3 Å². The maximum absolute atomic E-state index is 13.3. The fraction of sp³-hybridized carbons (Fsp3) is 0.545. The van der Waals surface area contributed by atoms with Crippen LogP contribution >= 0.6 is 0 Å². The van der Waals surface area contributed by atoms with E-state index in [1.54, 1.807) is 32.9 Å². The summed E-state index contributed by atoms with van der Waals surface area (Å²) < 4.78 is 11.6. The third-order valence-electron chi connectivity index (χ3n) is 8.52. The third-order valence-corrected chi connectivity index (χ3v) is 8.52. The molecule has 2 heterocycles. The van der Waals surface area contributed by atoms with Crippen molar-refractivity contribution < 1.29 is 23.9 Å². The smallest absolute Gasteiger partial charge is 0.306 e. The number of carbonyl (C=O) groups excluding carboxylic acids is 3. The van der Waals surface area contributed by atoms with Crippen LogP contribution in [0, 0.1) is 0 Å². The van der Waals surface area contributed by atoms with Gasteiger partial charge < -0.3 is 20.1 Å². The van der Waals surface area contributed by atoms with Crippen molar-refractivity contribution >= 4 is 17.8 Å². The topological polar surface area (TPSA) is 105 Å². The van der Waals surface area contributed by atoms with Gasteiger partial charge in [-0.1, -0.05) is 30.3 Å². The van der Waals surface area contributed by atoms with Crippen molar-refractivity contribution in [1.29, 1.82) is 0 Å². The SMILES string of the molecule is C[C@H](c1ccc(COc2cccc3c2CN([C@@H](CCC(=O)OC(C)(C)C)C(N)=O)C3=O)cc1)N1CCN(C2CC2)CC1. The minimum Gasteiger partial charge on any atom is -0.489 e. The van der Waals surface area contributed by atoms with E-state index in [4.69, 9.17) is 15.2 Å². The Morgan fingerprint density at radius 2 is 1.71 bits per heavy atom. The van der Waals surface area contributed by atoms with Gasteiger partial charge in [0.15, 0.2) is 0 Å². The van der Waals surface area contributed by atoms with E-state index in [0.29, 0.717) is 24.0 Å². The van der Waals surface area contributed by atoms with Crippen molar-refractivity contribution in [2.75, 3.05) is 26.2 Å². The molecule has 2 aromatic carbocycles. The van der Waals surface area contributed by atoms with Crippen LogP contribution in [-0.4, -0.2) is 76.3 Å². The lowest BCUT2D eigenvalue weighted by Gasteiger charge is -2.38. The molecule has 1 saturated carbocycles. The van der Waals surface area contributed by atoms with Crippen molar-refractivity contribution in [3.8, 4) is 5.75 Å². The van der Waals surface area contributed by atoms with Gasteiger partial charge >= 0.3 is 5.97 Å². The first kappa shape index (κ1) is 30.0. The second-order valence-electron chi connectivity index (χ2n) is 12.8. The second-order valence-corrected chi connectivity index (χ2v) is 12.8. The monoisotopic (exact) mass is 576 g/mol. The molecule has 2 N–H and O–H groups in total. The molecule has 226 valence electrons. The van der Waals surface area contributed by atoms with Crippen LogP contribution in [-0.2, 0) is 27.5 Å². The quantitative estimate of drug-likeness (QED) is 0.403. The second kappa shape index (κ2) is 12.4. The van der Waals surface area contributed by atoms with Gasteiger partial charge in [-0.25, -0.2) is 0 Å². The van der Waals surface area contributed by atoms with E-state index in [0.717, 1.165) is 43.3 Å². The van der Waals surface area contributed by atoms with Crippen molar-refractivity contribution in [1.82, 2.24) is 14.7 Å². The van der Waals surface area contributed by atoms with E-state index in [1.165, 1.54) is 23.3 Å². The van der Waals surface area contributed by atoms with E-state index in [2.05, 4.69) is 41.0 Å².